The Morgan fingerprint density at radius 3 is 2.33 bits per heavy atom. The first kappa shape index (κ1) is 19.8. The minimum atomic E-state index is -3.54. The van der Waals surface area contributed by atoms with Gasteiger partial charge in [0.05, 0.1) is 26.2 Å². The number of nitrogens with zero attached hydrogens (tertiary/aromatic N) is 1. The van der Waals surface area contributed by atoms with Crippen LogP contribution in [0.4, 0.5) is 5.69 Å². The van der Waals surface area contributed by atoms with Crippen molar-refractivity contribution < 1.29 is 22.7 Å². The van der Waals surface area contributed by atoms with Crippen LogP contribution in [0.2, 0.25) is 0 Å². The molecule has 1 amide bonds. The van der Waals surface area contributed by atoms with Crippen molar-refractivity contribution in [3.63, 3.8) is 0 Å². The van der Waals surface area contributed by atoms with Crippen LogP contribution in [0.5, 0.6) is 11.5 Å². The number of amides is 1. The molecule has 0 aliphatic carbocycles. The number of benzene rings is 1. The van der Waals surface area contributed by atoms with E-state index in [9.17, 15) is 13.2 Å². The van der Waals surface area contributed by atoms with Gasteiger partial charge in [-0.05, 0) is 37.8 Å². The van der Waals surface area contributed by atoms with Gasteiger partial charge in [0.15, 0.2) is 11.5 Å². The van der Waals surface area contributed by atoms with Gasteiger partial charge >= 0.3 is 0 Å². The molecule has 1 aromatic rings. The van der Waals surface area contributed by atoms with Gasteiger partial charge in [0.2, 0.25) is 10.0 Å². The van der Waals surface area contributed by atoms with Crippen LogP contribution >= 0.6 is 0 Å². The number of rotatable bonds is 6. The predicted octanol–water partition coefficient (Wildman–Crippen LogP) is 1.43. The fraction of sp³-hybridized carbons (Fsp3) is 0.611. The number of piperidine rings is 1. The van der Waals surface area contributed by atoms with Crippen molar-refractivity contribution in [1.29, 1.82) is 0 Å². The van der Waals surface area contributed by atoms with Gasteiger partial charge in [0.25, 0.3) is 5.91 Å². The van der Waals surface area contributed by atoms with Crippen LogP contribution in [0.15, 0.2) is 12.1 Å². The molecule has 1 aromatic carbocycles. The van der Waals surface area contributed by atoms with E-state index >= 15 is 0 Å². The molecule has 27 heavy (non-hydrogen) atoms. The molecule has 2 aliphatic rings. The fourth-order valence-corrected chi connectivity index (χ4v) is 4.63. The second-order valence-corrected chi connectivity index (χ2v) is 9.06. The van der Waals surface area contributed by atoms with E-state index in [4.69, 9.17) is 9.47 Å². The van der Waals surface area contributed by atoms with Gasteiger partial charge in [-0.25, -0.2) is 8.42 Å². The quantitative estimate of drug-likeness (QED) is 0.754. The third-order valence-corrected chi connectivity index (χ3v) is 5.93. The van der Waals surface area contributed by atoms with E-state index in [1.807, 2.05) is 0 Å². The minimum Gasteiger partial charge on any atom is -0.493 e. The highest BCUT2D eigenvalue weighted by molar-refractivity contribution is 7.92. The average Bonchev–Trinajstić information content (AvgIpc) is 2.96. The van der Waals surface area contributed by atoms with Gasteiger partial charge in [-0.1, -0.05) is 0 Å². The summed E-state index contributed by atoms with van der Waals surface area (Å²) in [6, 6.07) is 4.18. The fourth-order valence-electron chi connectivity index (χ4n) is 4.08. The standard InChI is InChI=1S/C18H27N3O5S/c1-21(14-9-12-5-6-13(10-14)19-12)18(22)11-7-15(20-27(4,23)24)17(26-3)16(8-11)25-2/h7-8,12-14,19-20H,5-6,9-10H2,1-4H3. The summed E-state index contributed by atoms with van der Waals surface area (Å²) in [5, 5.41) is 3.57. The van der Waals surface area contributed by atoms with Crippen LogP contribution in [0.25, 0.3) is 0 Å². The van der Waals surface area contributed by atoms with Crippen molar-refractivity contribution in [2.24, 2.45) is 0 Å². The molecule has 2 unspecified atom stereocenters. The number of sulfonamides is 1. The number of hydrogen-bond donors (Lipinski definition) is 2. The summed E-state index contributed by atoms with van der Waals surface area (Å²) >= 11 is 0. The SMILES string of the molecule is COc1cc(C(=O)N(C)C2CC3CCC(C2)N3)cc(NS(C)(=O)=O)c1OC. The Labute approximate surface area is 160 Å². The summed E-state index contributed by atoms with van der Waals surface area (Å²) in [5.41, 5.74) is 0.536. The summed E-state index contributed by atoms with van der Waals surface area (Å²) in [5.74, 6) is 0.370. The molecule has 150 valence electrons. The molecule has 2 saturated heterocycles. The monoisotopic (exact) mass is 397 g/mol. The summed E-state index contributed by atoms with van der Waals surface area (Å²) in [7, 11) is 1.13. The van der Waals surface area contributed by atoms with Crippen molar-refractivity contribution in [3.05, 3.63) is 17.7 Å². The van der Waals surface area contributed by atoms with E-state index in [0.29, 0.717) is 23.4 Å². The third-order valence-electron chi connectivity index (χ3n) is 5.34. The normalized spacial score (nSPS) is 24.4. The topological polar surface area (TPSA) is 97.0 Å². The second-order valence-electron chi connectivity index (χ2n) is 7.31. The van der Waals surface area contributed by atoms with Crippen molar-refractivity contribution in [2.45, 2.75) is 43.8 Å². The Morgan fingerprint density at radius 2 is 1.81 bits per heavy atom. The maximum Gasteiger partial charge on any atom is 0.254 e. The largest absolute Gasteiger partial charge is 0.493 e. The third kappa shape index (κ3) is 4.30. The Bertz CT molecular complexity index is 815. The number of fused-ring (bicyclic) bond motifs is 2. The Hall–Kier alpha value is -2.00. The van der Waals surface area contributed by atoms with E-state index < -0.39 is 10.0 Å². The predicted molar refractivity (Wildman–Crippen MR) is 103 cm³/mol. The van der Waals surface area contributed by atoms with Crippen molar-refractivity contribution in [1.82, 2.24) is 10.2 Å². The Balaban J connectivity index is 1.90. The van der Waals surface area contributed by atoms with Crippen LogP contribution in [0.1, 0.15) is 36.0 Å². The lowest BCUT2D eigenvalue weighted by Gasteiger charge is -2.35. The van der Waals surface area contributed by atoms with E-state index in [1.54, 1.807) is 18.0 Å². The number of carbonyl (C=O) groups is 1. The Morgan fingerprint density at radius 1 is 1.19 bits per heavy atom. The number of hydrogen-bond acceptors (Lipinski definition) is 6. The summed E-state index contributed by atoms with van der Waals surface area (Å²) in [6.45, 7) is 0. The molecule has 0 radical (unpaired) electrons. The van der Waals surface area contributed by atoms with Crippen LogP contribution in [0.3, 0.4) is 0 Å². The number of carbonyl (C=O) groups excluding carboxylic acids is 1. The van der Waals surface area contributed by atoms with Crippen LogP contribution in [0, 0.1) is 0 Å². The zero-order chi connectivity index (χ0) is 19.8. The molecule has 9 heteroatoms. The number of nitrogens with one attached hydrogen (secondary N) is 2. The zero-order valence-corrected chi connectivity index (χ0v) is 16.9. The van der Waals surface area contributed by atoms with Gasteiger partial charge in [-0.2, -0.15) is 0 Å². The molecule has 0 saturated carbocycles. The maximum atomic E-state index is 13.1. The molecule has 2 fully saturated rings. The number of anilines is 1. The van der Waals surface area contributed by atoms with Gasteiger partial charge in [0.1, 0.15) is 0 Å². The lowest BCUT2D eigenvalue weighted by atomic mass is 9.98. The molecule has 0 aromatic heterocycles. The summed E-state index contributed by atoms with van der Waals surface area (Å²) in [6.07, 6.45) is 5.22. The van der Waals surface area contributed by atoms with Crippen molar-refractivity contribution in [3.8, 4) is 11.5 Å². The van der Waals surface area contributed by atoms with Gasteiger partial charge in [0, 0.05) is 30.7 Å². The lowest BCUT2D eigenvalue weighted by Crippen LogP contribution is -2.48. The van der Waals surface area contributed by atoms with Gasteiger partial charge in [-0.15, -0.1) is 0 Å². The number of ether oxygens (including phenoxy) is 2. The first-order chi connectivity index (χ1) is 12.7. The van der Waals surface area contributed by atoms with Crippen molar-refractivity contribution >= 4 is 21.6 Å². The molecule has 2 heterocycles. The highest BCUT2D eigenvalue weighted by atomic mass is 32.2. The summed E-state index contributed by atoms with van der Waals surface area (Å²) in [4.78, 5) is 14.9. The van der Waals surface area contributed by atoms with Gasteiger partial charge in [-0.3, -0.25) is 9.52 Å². The minimum absolute atomic E-state index is 0.163. The second kappa shape index (κ2) is 7.55. The molecule has 2 N–H and O–H groups in total. The van der Waals surface area contributed by atoms with Crippen LogP contribution in [-0.4, -0.2) is 64.9 Å². The lowest BCUT2D eigenvalue weighted by molar-refractivity contribution is 0.0681. The Kier molecular flexibility index (Phi) is 5.53. The van der Waals surface area contributed by atoms with E-state index in [1.165, 1.54) is 20.3 Å². The highest BCUT2D eigenvalue weighted by Crippen LogP contribution is 2.38. The van der Waals surface area contributed by atoms with E-state index in [2.05, 4.69) is 10.0 Å². The molecule has 2 aliphatic heterocycles. The average molecular weight is 397 g/mol. The smallest absolute Gasteiger partial charge is 0.254 e. The van der Waals surface area contributed by atoms with Crippen LogP contribution < -0.4 is 19.5 Å². The molecule has 2 bridgehead atoms. The molecule has 0 spiro atoms. The molecular weight excluding hydrogens is 370 g/mol. The number of methoxy groups -OCH3 is 2. The zero-order valence-electron chi connectivity index (χ0n) is 16.1. The van der Waals surface area contributed by atoms with E-state index in [0.717, 1.165) is 31.9 Å². The summed E-state index contributed by atoms with van der Waals surface area (Å²) < 4.78 is 36.4. The van der Waals surface area contributed by atoms with Crippen LogP contribution in [-0.2, 0) is 10.0 Å². The molecule has 8 nitrogen and oxygen atoms in total. The van der Waals surface area contributed by atoms with Crippen molar-refractivity contribution in [2.75, 3.05) is 32.2 Å². The first-order valence-corrected chi connectivity index (χ1v) is 10.9. The van der Waals surface area contributed by atoms with E-state index in [-0.39, 0.29) is 23.4 Å². The molecular formula is C18H27N3O5S. The van der Waals surface area contributed by atoms with Gasteiger partial charge < -0.3 is 19.7 Å². The highest BCUT2D eigenvalue weighted by Gasteiger charge is 2.36. The molecule has 2 atom stereocenters. The maximum absolute atomic E-state index is 13.1. The first-order valence-electron chi connectivity index (χ1n) is 8.99. The molecule has 3 rings (SSSR count).